The monoisotopic (exact) mass is 1050 g/mol. The zero-order valence-electron chi connectivity index (χ0n) is 44.8. The van der Waals surface area contributed by atoms with Crippen LogP contribution in [0.1, 0.15) is 171 Å². The van der Waals surface area contributed by atoms with Gasteiger partial charge in [0, 0.05) is 24.7 Å². The summed E-state index contributed by atoms with van der Waals surface area (Å²) in [5.74, 6) is -8.99. The zero-order chi connectivity index (χ0) is 53.6. The second-order valence-corrected chi connectivity index (χ2v) is 28.0. The Labute approximate surface area is 433 Å². The van der Waals surface area contributed by atoms with E-state index >= 15 is 17.6 Å². The van der Waals surface area contributed by atoms with Crippen LogP contribution in [0.5, 0.6) is 0 Å². The summed E-state index contributed by atoms with van der Waals surface area (Å²) in [5, 5.41) is 53.0. The van der Waals surface area contributed by atoms with Crippen molar-refractivity contribution in [2.24, 2.45) is 105 Å². The molecule has 9 rings (SSSR count). The topological polar surface area (TPSA) is 181 Å². The molecule has 8 unspecified atom stereocenters. The van der Waals surface area contributed by atoms with E-state index in [1.165, 1.54) is 12.1 Å². The van der Waals surface area contributed by atoms with E-state index in [0.29, 0.717) is 62.2 Å². The number of carboxylic acid groups (broad SMARTS) is 1. The van der Waals surface area contributed by atoms with Crippen LogP contribution in [-0.2, 0) is 19.6 Å². The van der Waals surface area contributed by atoms with Crippen LogP contribution in [0.3, 0.4) is 0 Å². The molecule has 414 valence electrons. The van der Waals surface area contributed by atoms with Crippen molar-refractivity contribution in [1.82, 2.24) is 4.72 Å². The van der Waals surface area contributed by atoms with Gasteiger partial charge in [-0.2, -0.15) is 0 Å². The highest BCUT2D eigenvalue weighted by atomic mass is 32.2. The van der Waals surface area contributed by atoms with E-state index in [1.807, 2.05) is 27.7 Å². The lowest BCUT2D eigenvalue weighted by Crippen LogP contribution is -2.67. The van der Waals surface area contributed by atoms with Crippen molar-refractivity contribution in [2.45, 2.75) is 212 Å². The Morgan fingerprint density at radius 2 is 0.986 bits per heavy atom. The van der Waals surface area contributed by atoms with Crippen LogP contribution < -0.4 is 4.72 Å². The predicted molar refractivity (Wildman–Crippen MR) is 270 cm³/mol. The first-order chi connectivity index (χ1) is 34.1. The van der Waals surface area contributed by atoms with Gasteiger partial charge in [-0.15, -0.1) is 0 Å². The minimum Gasteiger partial charge on any atom is -0.481 e. The van der Waals surface area contributed by atoms with Crippen molar-refractivity contribution < 1.29 is 61.1 Å². The maximum atomic E-state index is 15.6. The Balaban J connectivity index is 0.000000201. The van der Waals surface area contributed by atoms with Crippen LogP contribution in [0.25, 0.3) is 0 Å². The van der Waals surface area contributed by atoms with E-state index in [1.54, 1.807) is 18.2 Å². The number of fused-ring (bicyclic) bond motifs is 10. The molecule has 8 fully saturated rings. The number of amides is 1. The molecule has 8 saturated carbocycles. The van der Waals surface area contributed by atoms with Crippen LogP contribution in [0.15, 0.2) is 35.2 Å². The molecule has 0 saturated heterocycles. The number of rotatable bonds is 12. The Morgan fingerprint density at radius 3 is 1.38 bits per heavy atom. The fourth-order valence-corrected chi connectivity index (χ4v) is 21.0. The van der Waals surface area contributed by atoms with Gasteiger partial charge in [0.25, 0.3) is 21.9 Å². The maximum Gasteiger partial charge on any atom is 0.303 e. The van der Waals surface area contributed by atoms with Crippen LogP contribution in [0.2, 0.25) is 0 Å². The minimum absolute atomic E-state index is 0.00947. The normalized spacial score (nSPS) is 46.1. The molecule has 1 aromatic carbocycles. The summed E-state index contributed by atoms with van der Waals surface area (Å²) in [4.78, 5) is 23.8. The molecule has 1 amide bonds. The van der Waals surface area contributed by atoms with Crippen LogP contribution in [-0.4, -0.2) is 82.1 Å². The Bertz CT molecular complexity index is 2260. The summed E-state index contributed by atoms with van der Waals surface area (Å²) < 4.78 is 89.3. The molecular formula is C58H89F4NO9S. The van der Waals surface area contributed by atoms with Crippen molar-refractivity contribution >= 4 is 21.9 Å². The number of aliphatic hydroxyl groups excluding tert-OH is 4. The summed E-state index contributed by atoms with van der Waals surface area (Å²) in [7, 11) is -3.91. The van der Waals surface area contributed by atoms with Crippen molar-refractivity contribution in [3.63, 3.8) is 0 Å². The average Bonchev–Trinajstić information content (AvgIpc) is 3.88. The number of carbonyl (C=O) groups is 2. The first-order valence-electron chi connectivity index (χ1n) is 28.4. The second-order valence-electron chi connectivity index (χ2n) is 26.4. The summed E-state index contributed by atoms with van der Waals surface area (Å²) in [5.41, 5.74) is -1.24. The van der Waals surface area contributed by atoms with E-state index < -0.39 is 92.7 Å². The third-order valence-electron chi connectivity index (χ3n) is 23.3. The molecule has 1 aromatic rings. The molecule has 0 aliphatic heterocycles. The average molecular weight is 1050 g/mol. The van der Waals surface area contributed by atoms with Gasteiger partial charge in [-0.25, -0.2) is 30.7 Å². The SMILES string of the molecule is CC[C@@H]1[C@@H]2C(F)(F)[C@H](O)CC[C@]2(C)C2CC[C@@]3(C)C(CCC3[C@H](C)CCC(=O)NS(=O)(=O)c3ccccc3)C2[C@@H]1O.CC[C@@H]1[C@@H]2C(F)(F)[C@H](O)CC[C@]2(C)C2CC[C@@]3(C)C(CCC3[C@H](C)CCC(=O)O)C2[C@@H]1O. The molecule has 0 spiro atoms. The third kappa shape index (κ3) is 9.36. The number of carbonyl (C=O) groups excluding carboxylic acids is 1. The van der Waals surface area contributed by atoms with E-state index in [2.05, 4.69) is 32.4 Å². The predicted octanol–water partition coefficient (Wildman–Crippen LogP) is 11.1. The van der Waals surface area contributed by atoms with Crippen molar-refractivity contribution in [3.8, 4) is 0 Å². The fraction of sp³-hybridized carbons (Fsp3) is 0.862. The highest BCUT2D eigenvalue weighted by molar-refractivity contribution is 7.90. The second kappa shape index (κ2) is 20.5. The quantitative estimate of drug-likeness (QED) is 0.111. The van der Waals surface area contributed by atoms with Crippen LogP contribution in [0.4, 0.5) is 17.6 Å². The molecule has 10 nitrogen and oxygen atoms in total. The van der Waals surface area contributed by atoms with Crippen molar-refractivity contribution in [3.05, 3.63) is 30.3 Å². The molecule has 0 radical (unpaired) electrons. The smallest absolute Gasteiger partial charge is 0.303 e. The van der Waals surface area contributed by atoms with Crippen LogP contribution in [0, 0.1) is 105 Å². The van der Waals surface area contributed by atoms with E-state index in [0.717, 1.165) is 51.4 Å². The summed E-state index contributed by atoms with van der Waals surface area (Å²) in [6, 6.07) is 7.85. The van der Waals surface area contributed by atoms with Gasteiger partial charge in [-0.05, 0) is 195 Å². The van der Waals surface area contributed by atoms with Crippen molar-refractivity contribution in [2.75, 3.05) is 0 Å². The minimum atomic E-state index is -3.91. The van der Waals surface area contributed by atoms with Gasteiger partial charge in [-0.1, -0.05) is 86.4 Å². The van der Waals surface area contributed by atoms with Gasteiger partial charge in [0.05, 0.1) is 17.1 Å². The Morgan fingerprint density at radius 1 is 0.603 bits per heavy atom. The number of aliphatic hydroxyl groups is 4. The van der Waals surface area contributed by atoms with Gasteiger partial charge < -0.3 is 25.5 Å². The van der Waals surface area contributed by atoms with Gasteiger partial charge in [-0.3, -0.25) is 9.59 Å². The standard InChI is InChI=1S/C32H47F2NO5S.C26H42F2O4/c1-5-21-28(38)27-23-13-12-22(19(2)11-14-26(37)35-41(39,40)20-9-7-6-8-10-20)30(23,3)17-15-24(27)31(4)18-16-25(36)32(33,34)29(21)31;1-5-15-22(32)21-17-8-7-16(14(2)6-9-20(30)31)24(17,3)12-10-18(21)25(4)13-11-19(29)26(27,28)23(15)25/h6-10,19,21-25,27-29,36,38H,5,11-18H2,1-4H3,(H,35,37);14-19,21-23,29,32H,5-13H2,1-4H3,(H,30,31)/t19-,21+,22?,23?,24?,25-,27?,28-,29+,30-,31-;14-,15+,16?,17?,18?,19-,21?,22-,23+,24-,25-/m11/s1. The summed E-state index contributed by atoms with van der Waals surface area (Å²) in [6.45, 7) is 16.7. The van der Waals surface area contributed by atoms with E-state index in [-0.39, 0.29) is 76.9 Å². The lowest BCUT2D eigenvalue weighted by Gasteiger charge is -2.65. The molecule has 73 heavy (non-hydrogen) atoms. The number of nitrogens with one attached hydrogen (secondary N) is 1. The van der Waals surface area contributed by atoms with E-state index in [4.69, 9.17) is 5.11 Å². The summed E-state index contributed by atoms with van der Waals surface area (Å²) in [6.07, 6.45) is 6.36. The van der Waals surface area contributed by atoms with Gasteiger partial charge in [0.2, 0.25) is 5.91 Å². The molecule has 8 aliphatic rings. The molecule has 6 N–H and O–H groups in total. The highest BCUT2D eigenvalue weighted by Crippen LogP contribution is 2.73. The summed E-state index contributed by atoms with van der Waals surface area (Å²) >= 11 is 0. The number of alkyl halides is 4. The lowest BCUT2D eigenvalue weighted by atomic mass is 9.40. The molecule has 8 aliphatic carbocycles. The first kappa shape index (κ1) is 56.9. The van der Waals surface area contributed by atoms with Crippen molar-refractivity contribution in [1.29, 1.82) is 0 Å². The number of carboxylic acids is 1. The molecule has 0 bridgehead atoms. The third-order valence-corrected chi connectivity index (χ3v) is 24.7. The number of hydrogen-bond donors (Lipinski definition) is 6. The number of aliphatic carboxylic acids is 1. The fourth-order valence-electron chi connectivity index (χ4n) is 20.0. The molecule has 22 atom stereocenters. The Hall–Kier alpha value is -2.33. The molecule has 15 heteroatoms. The Kier molecular flexibility index (Phi) is 15.9. The molecular weight excluding hydrogens is 963 g/mol. The van der Waals surface area contributed by atoms with Gasteiger partial charge in [0.1, 0.15) is 12.2 Å². The highest BCUT2D eigenvalue weighted by Gasteiger charge is 2.73. The van der Waals surface area contributed by atoms with E-state index in [9.17, 15) is 38.4 Å². The molecule has 0 aromatic heterocycles. The number of hydrogen-bond acceptors (Lipinski definition) is 8. The first-order valence-corrected chi connectivity index (χ1v) is 29.9. The molecule has 0 heterocycles. The zero-order valence-corrected chi connectivity index (χ0v) is 45.6. The number of benzene rings is 1. The maximum absolute atomic E-state index is 15.6. The number of halogens is 4. The van der Waals surface area contributed by atoms with Crippen LogP contribution >= 0.6 is 0 Å². The lowest BCUT2D eigenvalue weighted by molar-refractivity contribution is -0.286. The largest absolute Gasteiger partial charge is 0.481 e. The van der Waals surface area contributed by atoms with Gasteiger partial charge >= 0.3 is 5.97 Å². The van der Waals surface area contributed by atoms with Gasteiger partial charge in [0.15, 0.2) is 0 Å². The number of sulfonamides is 1.